The Morgan fingerprint density at radius 2 is 0.548 bits per heavy atom. The van der Waals surface area contributed by atoms with E-state index < -0.39 is 0 Å². The van der Waals surface area contributed by atoms with Gasteiger partial charge in [-0.1, -0.05) is 182 Å². The van der Waals surface area contributed by atoms with Crippen molar-refractivity contribution in [1.82, 2.24) is 0 Å². The fraction of sp³-hybridized carbons (Fsp3) is 0. The molecule has 0 fully saturated rings. The number of fused-ring (bicyclic) bond motifs is 2. The van der Waals surface area contributed by atoms with Crippen LogP contribution in [-0.2, 0) is 18.8 Å². The fourth-order valence-corrected chi connectivity index (χ4v) is 8.70. The molecule has 4 nitrogen and oxygen atoms in total. The van der Waals surface area contributed by atoms with Crippen molar-refractivity contribution in [2.45, 2.75) is 0 Å². The van der Waals surface area contributed by atoms with E-state index in [-0.39, 0.29) is 0 Å². The second kappa shape index (κ2) is 17.6. The average Bonchev–Trinajstić information content (AvgIpc) is 3.95. The summed E-state index contributed by atoms with van der Waals surface area (Å²) in [7, 11) is 4.61. The summed E-state index contributed by atoms with van der Waals surface area (Å²) < 4.78 is 0. The van der Waals surface area contributed by atoms with E-state index in [1.165, 1.54) is 22.3 Å². The molecular formula is C56H39ClN4Pt-3. The first-order valence-electron chi connectivity index (χ1n) is 20.5. The molecule has 0 N–H and O–H groups in total. The van der Waals surface area contributed by atoms with Crippen molar-refractivity contribution in [2.24, 2.45) is 0 Å². The second-order valence-corrected chi connectivity index (χ2v) is 15.0. The third kappa shape index (κ3) is 7.26. The third-order valence-electron chi connectivity index (χ3n) is 11.4. The molecule has 0 atom stereocenters. The molecule has 0 unspecified atom stereocenters. The molecule has 303 valence electrons. The first-order chi connectivity index (χ1) is 30.8. The second-order valence-electron chi connectivity index (χ2n) is 15.0. The monoisotopic (exact) mass is 997 g/mol. The molecule has 11 rings (SSSR count). The Kier molecular flexibility index (Phi) is 11.2. The minimum atomic E-state index is 0.944. The maximum atomic E-state index is 4.61. The number of para-hydroxylation sites is 6. The molecule has 2 aliphatic heterocycles. The molecule has 0 spiro atoms. The molecule has 62 heavy (non-hydrogen) atoms. The van der Waals surface area contributed by atoms with Gasteiger partial charge in [0.25, 0.3) is 0 Å². The first-order valence-corrected chi connectivity index (χ1v) is 23.3. The number of hydrogen-bond donors (Lipinski definition) is 0. The van der Waals surface area contributed by atoms with Gasteiger partial charge in [0, 0.05) is 56.4 Å². The third-order valence-corrected chi connectivity index (χ3v) is 11.4. The number of rotatable bonds is 8. The van der Waals surface area contributed by atoms with Crippen LogP contribution in [0.1, 0.15) is 0 Å². The molecule has 0 bridgehead atoms. The summed E-state index contributed by atoms with van der Waals surface area (Å²) in [6.45, 7) is 4.45. The molecular weight excluding hydrogens is 959 g/mol. The van der Waals surface area contributed by atoms with Crippen LogP contribution in [0.15, 0.2) is 224 Å². The predicted molar refractivity (Wildman–Crippen MR) is 256 cm³/mol. The number of benzene rings is 9. The van der Waals surface area contributed by atoms with Crippen molar-refractivity contribution >= 4 is 54.9 Å². The van der Waals surface area contributed by atoms with Crippen LogP contribution in [0, 0.1) is 19.4 Å². The summed E-state index contributed by atoms with van der Waals surface area (Å²) in [5.74, 6) is 0. The fourth-order valence-electron chi connectivity index (χ4n) is 8.70. The molecule has 0 amide bonds. The van der Waals surface area contributed by atoms with E-state index in [1.807, 2.05) is 0 Å². The van der Waals surface area contributed by atoms with E-state index in [4.69, 9.17) is 0 Å². The maximum absolute atomic E-state index is 4.61. The van der Waals surface area contributed by atoms with Gasteiger partial charge in [-0.2, -0.15) is 6.07 Å². The van der Waals surface area contributed by atoms with Crippen LogP contribution in [-0.4, -0.2) is 0 Å². The quantitative estimate of drug-likeness (QED) is 0.141. The molecule has 9 aromatic carbocycles. The van der Waals surface area contributed by atoms with Gasteiger partial charge in [-0.05, 0) is 46.5 Å². The van der Waals surface area contributed by atoms with Crippen LogP contribution >= 0.6 is 9.42 Å². The van der Waals surface area contributed by atoms with Gasteiger partial charge in [-0.3, -0.25) is 0 Å². The van der Waals surface area contributed by atoms with Crippen molar-refractivity contribution in [3.05, 3.63) is 244 Å². The van der Waals surface area contributed by atoms with Gasteiger partial charge in [0.05, 0.1) is 0 Å². The Balaban J connectivity index is 0.00000226. The number of halogens is 1. The van der Waals surface area contributed by atoms with Crippen LogP contribution in [0.4, 0.5) is 45.5 Å². The van der Waals surface area contributed by atoms with E-state index in [2.05, 4.69) is 273 Å². The molecule has 6 heteroatoms. The van der Waals surface area contributed by atoms with Crippen molar-refractivity contribution in [3.63, 3.8) is 0 Å². The van der Waals surface area contributed by atoms with Gasteiger partial charge in [-0.25, -0.2) is 0 Å². The van der Waals surface area contributed by atoms with Gasteiger partial charge >= 0.3 is 28.2 Å². The smallest absolute Gasteiger partial charge is 0.0344 e. The standard InChI is InChI=1S/C56H39N4.ClH.Pt/c1-5-20-41(21-6-1)47-30-18-31-48(42-22-7-2-8-23-42)55(47)59-39-57(51-34-13-15-36-53(51)59)45-28-17-29-46(38-45)58-40-60(54-37-16-14-35-52(54)58)56-49(43-24-9-3-10-25-43)32-19-33-50(56)44-26-11-4-12-27-44;;/h1-37,39-40H;1H;/q-3;;+1/p-1. The summed E-state index contributed by atoms with van der Waals surface area (Å²) in [4.78, 5) is 9.25. The Morgan fingerprint density at radius 1 is 0.290 bits per heavy atom. The van der Waals surface area contributed by atoms with Crippen LogP contribution in [0.3, 0.4) is 0 Å². The molecule has 2 aliphatic rings. The van der Waals surface area contributed by atoms with Crippen LogP contribution in [0.25, 0.3) is 44.5 Å². The molecule has 0 radical (unpaired) electrons. The van der Waals surface area contributed by atoms with E-state index >= 15 is 0 Å². The predicted octanol–water partition coefficient (Wildman–Crippen LogP) is 15.7. The molecule has 2 heterocycles. The van der Waals surface area contributed by atoms with E-state index in [9.17, 15) is 0 Å². The molecule has 0 aromatic heterocycles. The summed E-state index contributed by atoms with van der Waals surface area (Å²) in [6, 6.07) is 83.6. The number of nitrogens with zero attached hydrogens (tertiary/aromatic N) is 4. The normalized spacial score (nSPS) is 12.8. The Labute approximate surface area is 379 Å². The molecule has 0 saturated carbocycles. The van der Waals surface area contributed by atoms with Crippen molar-refractivity contribution in [1.29, 1.82) is 0 Å². The van der Waals surface area contributed by atoms with Crippen LogP contribution in [0.5, 0.6) is 0 Å². The minimum absolute atomic E-state index is 0.944. The van der Waals surface area contributed by atoms with Crippen molar-refractivity contribution in [3.8, 4) is 44.5 Å². The molecule has 9 aromatic rings. The number of hydrogen-bond acceptors (Lipinski definition) is 4. The van der Waals surface area contributed by atoms with E-state index in [0.29, 0.717) is 0 Å². The van der Waals surface area contributed by atoms with Gasteiger partial charge in [-0.15, -0.1) is 42.9 Å². The van der Waals surface area contributed by atoms with Crippen LogP contribution in [0.2, 0.25) is 0 Å². The number of anilines is 8. The Bertz CT molecular complexity index is 2650. The Morgan fingerprint density at radius 3 is 0.855 bits per heavy atom. The first kappa shape index (κ1) is 39.3. The molecule has 0 aliphatic carbocycles. The Hall–Kier alpha value is -6.84. The van der Waals surface area contributed by atoms with Gasteiger partial charge in [0.1, 0.15) is 0 Å². The minimum Gasteiger partial charge on any atom is -0.493 e. The zero-order valence-corrected chi connectivity index (χ0v) is 36.5. The summed E-state index contributed by atoms with van der Waals surface area (Å²) >= 11 is 1.61. The van der Waals surface area contributed by atoms with E-state index in [0.717, 1.165) is 67.8 Å². The van der Waals surface area contributed by atoms with E-state index in [1.54, 1.807) is 18.8 Å². The van der Waals surface area contributed by atoms with Crippen LogP contribution < -0.4 is 19.6 Å². The zero-order valence-electron chi connectivity index (χ0n) is 33.5. The SMILES string of the molecule is [Cl][Pt].[c-]1c(N2[CH-]N(c3c(-c4ccccc4)cccc3-c3ccccc3)c3ccccc32)cccc1N1[CH-]N(c2c(-c3ccccc3)cccc2-c2ccccc2)c2ccccc21. The topological polar surface area (TPSA) is 13.0 Å². The summed E-state index contributed by atoms with van der Waals surface area (Å²) in [6.07, 6.45) is 0. The summed E-state index contributed by atoms with van der Waals surface area (Å²) in [5.41, 5.74) is 17.9. The summed E-state index contributed by atoms with van der Waals surface area (Å²) in [5, 5.41) is 0. The van der Waals surface area contributed by atoms with Gasteiger partial charge in [0.15, 0.2) is 0 Å². The largest absolute Gasteiger partial charge is 0.493 e. The molecule has 0 saturated heterocycles. The van der Waals surface area contributed by atoms with Gasteiger partial charge in [0.2, 0.25) is 0 Å². The van der Waals surface area contributed by atoms with Gasteiger partial charge < -0.3 is 19.6 Å². The van der Waals surface area contributed by atoms with Crippen molar-refractivity contribution < 1.29 is 18.8 Å². The van der Waals surface area contributed by atoms with Crippen molar-refractivity contribution in [2.75, 3.05) is 19.6 Å². The average molecular weight is 998 g/mol. The zero-order chi connectivity index (χ0) is 41.8. The maximum Gasteiger partial charge on any atom is 0.0344 e.